The van der Waals surface area contributed by atoms with Gasteiger partial charge in [-0.15, -0.1) is 0 Å². The van der Waals surface area contributed by atoms with E-state index < -0.39 is 5.97 Å². The standard InChI is InChI=1S/C18H21NO3/c20-12-11-19(14-16-5-2-1-3-6-16)17-8-4-7-15(13-17)9-10-18(21)22/h1-8,13,20H,9-12,14H2,(H,21,22). The highest BCUT2D eigenvalue weighted by Crippen LogP contribution is 2.19. The Hall–Kier alpha value is -2.33. The summed E-state index contributed by atoms with van der Waals surface area (Å²) < 4.78 is 0. The van der Waals surface area contributed by atoms with E-state index in [0.717, 1.165) is 11.3 Å². The van der Waals surface area contributed by atoms with Crippen LogP contribution in [0.5, 0.6) is 0 Å². The third-order valence-corrected chi connectivity index (χ3v) is 3.49. The molecule has 0 aliphatic rings. The molecular formula is C18H21NO3. The first-order valence-corrected chi connectivity index (χ1v) is 7.39. The van der Waals surface area contributed by atoms with E-state index in [1.165, 1.54) is 5.56 Å². The molecule has 0 spiro atoms. The first kappa shape index (κ1) is 16.0. The van der Waals surface area contributed by atoms with Crippen molar-refractivity contribution in [1.29, 1.82) is 0 Å². The minimum absolute atomic E-state index is 0.0756. The number of aliphatic carboxylic acids is 1. The van der Waals surface area contributed by atoms with Crippen LogP contribution in [0.1, 0.15) is 17.5 Å². The molecule has 0 atom stereocenters. The second-order valence-corrected chi connectivity index (χ2v) is 5.19. The van der Waals surface area contributed by atoms with Crippen LogP contribution < -0.4 is 4.90 Å². The van der Waals surface area contributed by atoms with Crippen LogP contribution in [-0.2, 0) is 17.8 Å². The topological polar surface area (TPSA) is 60.8 Å². The number of aliphatic hydroxyl groups is 1. The zero-order valence-corrected chi connectivity index (χ0v) is 12.5. The number of benzene rings is 2. The van der Waals surface area contributed by atoms with Crippen molar-refractivity contribution < 1.29 is 15.0 Å². The second kappa shape index (κ2) is 8.20. The second-order valence-electron chi connectivity index (χ2n) is 5.19. The van der Waals surface area contributed by atoms with Crippen molar-refractivity contribution in [3.05, 3.63) is 65.7 Å². The van der Waals surface area contributed by atoms with Gasteiger partial charge in [0.25, 0.3) is 0 Å². The van der Waals surface area contributed by atoms with Gasteiger partial charge in [-0.05, 0) is 29.7 Å². The lowest BCUT2D eigenvalue weighted by atomic mass is 10.1. The summed E-state index contributed by atoms with van der Waals surface area (Å²) in [6, 6.07) is 17.9. The zero-order chi connectivity index (χ0) is 15.8. The summed E-state index contributed by atoms with van der Waals surface area (Å²) in [5, 5.41) is 18.1. The Morgan fingerprint density at radius 1 is 1.00 bits per heavy atom. The van der Waals surface area contributed by atoms with Crippen molar-refractivity contribution in [1.82, 2.24) is 0 Å². The molecule has 0 bridgehead atoms. The molecule has 0 saturated carbocycles. The highest BCUT2D eigenvalue weighted by atomic mass is 16.4. The predicted octanol–water partition coefficient (Wildman–Crippen LogP) is 2.70. The van der Waals surface area contributed by atoms with E-state index >= 15 is 0 Å². The molecule has 0 aliphatic carbocycles. The van der Waals surface area contributed by atoms with Crippen LogP contribution in [0.3, 0.4) is 0 Å². The van der Waals surface area contributed by atoms with Crippen LogP contribution in [0.4, 0.5) is 5.69 Å². The number of aliphatic hydroxyl groups excluding tert-OH is 1. The van der Waals surface area contributed by atoms with Crippen molar-refractivity contribution >= 4 is 11.7 Å². The fourth-order valence-electron chi connectivity index (χ4n) is 2.38. The van der Waals surface area contributed by atoms with Gasteiger partial charge in [0, 0.05) is 25.2 Å². The van der Waals surface area contributed by atoms with E-state index in [9.17, 15) is 9.90 Å². The van der Waals surface area contributed by atoms with Crippen LogP contribution in [0.25, 0.3) is 0 Å². The van der Waals surface area contributed by atoms with Gasteiger partial charge in [-0.2, -0.15) is 0 Å². The Bertz CT molecular complexity index is 598. The predicted molar refractivity (Wildman–Crippen MR) is 87.0 cm³/mol. The SMILES string of the molecule is O=C(O)CCc1cccc(N(CCO)Cc2ccccc2)c1. The van der Waals surface area contributed by atoms with Gasteiger partial charge < -0.3 is 15.1 Å². The number of carboxylic acids is 1. The number of carboxylic acid groups (broad SMARTS) is 1. The minimum atomic E-state index is -0.790. The summed E-state index contributed by atoms with van der Waals surface area (Å²) in [4.78, 5) is 12.8. The largest absolute Gasteiger partial charge is 0.481 e. The smallest absolute Gasteiger partial charge is 0.303 e. The van der Waals surface area contributed by atoms with E-state index in [1.807, 2.05) is 42.5 Å². The molecule has 0 saturated heterocycles. The lowest BCUT2D eigenvalue weighted by molar-refractivity contribution is -0.136. The Balaban J connectivity index is 2.13. The van der Waals surface area contributed by atoms with E-state index in [-0.39, 0.29) is 13.0 Å². The molecular weight excluding hydrogens is 278 g/mol. The van der Waals surface area contributed by atoms with Crippen molar-refractivity contribution in [3.63, 3.8) is 0 Å². The van der Waals surface area contributed by atoms with Gasteiger partial charge >= 0.3 is 5.97 Å². The Morgan fingerprint density at radius 2 is 1.73 bits per heavy atom. The van der Waals surface area contributed by atoms with Crippen molar-refractivity contribution in [3.8, 4) is 0 Å². The maximum atomic E-state index is 10.7. The molecule has 0 fully saturated rings. The first-order valence-electron chi connectivity index (χ1n) is 7.39. The van der Waals surface area contributed by atoms with E-state index in [1.54, 1.807) is 0 Å². The van der Waals surface area contributed by atoms with Crippen LogP contribution in [0, 0.1) is 0 Å². The molecule has 4 nitrogen and oxygen atoms in total. The van der Waals surface area contributed by atoms with Gasteiger partial charge in [-0.1, -0.05) is 42.5 Å². The molecule has 116 valence electrons. The molecule has 0 radical (unpaired) electrons. The quantitative estimate of drug-likeness (QED) is 0.787. The Kier molecular flexibility index (Phi) is 5.98. The van der Waals surface area contributed by atoms with E-state index in [2.05, 4.69) is 17.0 Å². The molecule has 2 rings (SSSR count). The van der Waals surface area contributed by atoms with E-state index in [0.29, 0.717) is 19.5 Å². The van der Waals surface area contributed by atoms with Crippen molar-refractivity contribution in [2.24, 2.45) is 0 Å². The first-order chi connectivity index (χ1) is 10.7. The number of aryl methyl sites for hydroxylation is 1. The summed E-state index contributed by atoms with van der Waals surface area (Å²) in [6.45, 7) is 1.33. The molecule has 4 heteroatoms. The maximum Gasteiger partial charge on any atom is 0.303 e. The summed E-state index contributed by atoms with van der Waals surface area (Å²) >= 11 is 0. The summed E-state index contributed by atoms with van der Waals surface area (Å²) in [6.07, 6.45) is 0.642. The normalized spacial score (nSPS) is 10.4. The number of rotatable bonds is 8. The molecule has 0 heterocycles. The Labute approximate surface area is 130 Å². The number of hydrogen-bond acceptors (Lipinski definition) is 3. The molecule has 0 unspecified atom stereocenters. The fourth-order valence-corrected chi connectivity index (χ4v) is 2.38. The Morgan fingerprint density at radius 3 is 2.41 bits per heavy atom. The van der Waals surface area contributed by atoms with Crippen molar-refractivity contribution in [2.75, 3.05) is 18.1 Å². The summed E-state index contributed by atoms with van der Waals surface area (Å²) in [5.74, 6) is -0.790. The third-order valence-electron chi connectivity index (χ3n) is 3.49. The molecule has 2 N–H and O–H groups in total. The van der Waals surface area contributed by atoms with Crippen LogP contribution in [-0.4, -0.2) is 29.3 Å². The molecule has 2 aromatic rings. The zero-order valence-electron chi connectivity index (χ0n) is 12.5. The average Bonchev–Trinajstić information content (AvgIpc) is 2.54. The van der Waals surface area contributed by atoms with Gasteiger partial charge in [0.2, 0.25) is 0 Å². The number of anilines is 1. The highest BCUT2D eigenvalue weighted by Gasteiger charge is 2.08. The molecule has 22 heavy (non-hydrogen) atoms. The lowest BCUT2D eigenvalue weighted by Crippen LogP contribution is -2.26. The van der Waals surface area contributed by atoms with E-state index in [4.69, 9.17) is 5.11 Å². The average molecular weight is 299 g/mol. The van der Waals surface area contributed by atoms with Crippen molar-refractivity contribution in [2.45, 2.75) is 19.4 Å². The molecule has 2 aromatic carbocycles. The van der Waals surface area contributed by atoms with Crippen LogP contribution in [0.2, 0.25) is 0 Å². The highest BCUT2D eigenvalue weighted by molar-refractivity contribution is 5.67. The number of nitrogens with zero attached hydrogens (tertiary/aromatic N) is 1. The third kappa shape index (κ3) is 4.90. The summed E-state index contributed by atoms with van der Waals surface area (Å²) in [7, 11) is 0. The lowest BCUT2D eigenvalue weighted by Gasteiger charge is -2.24. The van der Waals surface area contributed by atoms with Gasteiger partial charge in [0.05, 0.1) is 6.61 Å². The van der Waals surface area contributed by atoms with Crippen LogP contribution >= 0.6 is 0 Å². The monoisotopic (exact) mass is 299 g/mol. The number of carbonyl (C=O) groups is 1. The van der Waals surface area contributed by atoms with Gasteiger partial charge in [-0.25, -0.2) is 0 Å². The van der Waals surface area contributed by atoms with Gasteiger partial charge in [-0.3, -0.25) is 4.79 Å². The number of hydrogen-bond donors (Lipinski definition) is 2. The van der Waals surface area contributed by atoms with Gasteiger partial charge in [0.1, 0.15) is 0 Å². The van der Waals surface area contributed by atoms with Crippen LogP contribution in [0.15, 0.2) is 54.6 Å². The minimum Gasteiger partial charge on any atom is -0.481 e. The fraction of sp³-hybridized carbons (Fsp3) is 0.278. The maximum absolute atomic E-state index is 10.7. The molecule has 0 amide bonds. The molecule has 0 aromatic heterocycles. The molecule has 0 aliphatic heterocycles. The summed E-state index contributed by atoms with van der Waals surface area (Å²) in [5.41, 5.74) is 3.17. The van der Waals surface area contributed by atoms with Gasteiger partial charge in [0.15, 0.2) is 0 Å².